The molecular weight excluding hydrogens is 252 g/mol. The van der Waals surface area contributed by atoms with Crippen LogP contribution in [0.3, 0.4) is 0 Å². The molecule has 2 rings (SSSR count). The lowest BCUT2D eigenvalue weighted by Crippen LogP contribution is -2.42. The molecule has 1 fully saturated rings. The number of aliphatic hydroxyl groups is 1. The van der Waals surface area contributed by atoms with Gasteiger partial charge in [-0.1, -0.05) is 6.92 Å². The van der Waals surface area contributed by atoms with Crippen molar-refractivity contribution in [2.45, 2.75) is 52.1 Å². The topological polar surface area (TPSA) is 46.5 Å². The minimum Gasteiger partial charge on any atom is -0.496 e. The summed E-state index contributed by atoms with van der Waals surface area (Å²) in [4.78, 5) is 12.7. The van der Waals surface area contributed by atoms with Crippen LogP contribution in [0.4, 0.5) is 0 Å². The van der Waals surface area contributed by atoms with E-state index < -0.39 is 5.60 Å². The molecule has 110 valence electrons. The number of hydrogen-bond acceptors (Lipinski definition) is 3. The number of aryl methyl sites for hydroxylation is 2. The summed E-state index contributed by atoms with van der Waals surface area (Å²) in [6, 6.07) is 3.71. The third-order valence-corrected chi connectivity index (χ3v) is 4.51. The fourth-order valence-corrected chi connectivity index (χ4v) is 2.97. The third kappa shape index (κ3) is 2.73. The SMILES string of the molecule is COc1cc(C)c(C(=O)C2(O)CCC(C)CC2)cc1C. The second-order valence-electron chi connectivity index (χ2n) is 6.18. The molecule has 1 aliphatic rings. The van der Waals surface area contributed by atoms with Gasteiger partial charge in [-0.15, -0.1) is 0 Å². The van der Waals surface area contributed by atoms with E-state index in [1.807, 2.05) is 26.0 Å². The van der Waals surface area contributed by atoms with Gasteiger partial charge in [-0.25, -0.2) is 0 Å². The molecule has 0 amide bonds. The van der Waals surface area contributed by atoms with Gasteiger partial charge in [0.25, 0.3) is 0 Å². The van der Waals surface area contributed by atoms with Crippen LogP contribution < -0.4 is 4.74 Å². The highest BCUT2D eigenvalue weighted by atomic mass is 16.5. The summed E-state index contributed by atoms with van der Waals surface area (Å²) in [6.07, 6.45) is 2.96. The highest BCUT2D eigenvalue weighted by Crippen LogP contribution is 2.35. The van der Waals surface area contributed by atoms with Crippen LogP contribution in [0.1, 0.15) is 54.1 Å². The van der Waals surface area contributed by atoms with Crippen LogP contribution in [0.5, 0.6) is 5.75 Å². The molecule has 0 aliphatic heterocycles. The largest absolute Gasteiger partial charge is 0.496 e. The summed E-state index contributed by atoms with van der Waals surface area (Å²) < 4.78 is 5.27. The number of ether oxygens (including phenoxy) is 1. The summed E-state index contributed by atoms with van der Waals surface area (Å²) in [5.41, 5.74) is 1.23. The fourth-order valence-electron chi connectivity index (χ4n) is 2.97. The number of benzene rings is 1. The quantitative estimate of drug-likeness (QED) is 0.860. The molecule has 0 atom stereocenters. The molecule has 0 unspecified atom stereocenters. The normalized spacial score (nSPS) is 26.4. The number of rotatable bonds is 3. The molecule has 1 aromatic carbocycles. The van der Waals surface area contributed by atoms with E-state index in [4.69, 9.17) is 4.74 Å². The van der Waals surface area contributed by atoms with Crippen LogP contribution in [-0.4, -0.2) is 23.6 Å². The first kappa shape index (κ1) is 15.0. The monoisotopic (exact) mass is 276 g/mol. The van der Waals surface area contributed by atoms with E-state index in [1.54, 1.807) is 7.11 Å². The van der Waals surface area contributed by atoms with Gasteiger partial charge in [-0.05, 0) is 68.7 Å². The Kier molecular flexibility index (Phi) is 4.19. The molecule has 0 radical (unpaired) electrons. The molecule has 0 aromatic heterocycles. The average Bonchev–Trinajstić information content (AvgIpc) is 2.43. The summed E-state index contributed by atoms with van der Waals surface area (Å²) in [5.74, 6) is 1.25. The lowest BCUT2D eigenvalue weighted by molar-refractivity contribution is 0.00419. The zero-order valence-electron chi connectivity index (χ0n) is 12.8. The number of hydrogen-bond donors (Lipinski definition) is 1. The number of carbonyl (C=O) groups excluding carboxylic acids is 1. The molecule has 0 saturated heterocycles. The summed E-state index contributed by atoms with van der Waals surface area (Å²) in [6.45, 7) is 5.99. The second kappa shape index (κ2) is 5.57. The van der Waals surface area contributed by atoms with E-state index in [-0.39, 0.29) is 5.78 Å². The van der Waals surface area contributed by atoms with E-state index in [1.165, 1.54) is 0 Å². The van der Waals surface area contributed by atoms with Gasteiger partial charge in [0.1, 0.15) is 11.4 Å². The predicted octanol–water partition coefficient (Wildman–Crippen LogP) is 3.44. The van der Waals surface area contributed by atoms with Crippen molar-refractivity contribution in [3.05, 3.63) is 28.8 Å². The molecule has 1 aliphatic carbocycles. The standard InChI is InChI=1S/C17H24O3/c1-11-5-7-17(19,8-6-11)16(18)14-9-13(3)15(20-4)10-12(14)2/h9-11,19H,5-8H2,1-4H3. The van der Waals surface area contributed by atoms with Gasteiger partial charge < -0.3 is 9.84 Å². The van der Waals surface area contributed by atoms with Crippen molar-refractivity contribution >= 4 is 5.78 Å². The van der Waals surface area contributed by atoms with Crippen LogP contribution in [-0.2, 0) is 0 Å². The number of methoxy groups -OCH3 is 1. The number of ketones is 1. The van der Waals surface area contributed by atoms with Crippen LogP contribution in [0, 0.1) is 19.8 Å². The van der Waals surface area contributed by atoms with Crippen molar-refractivity contribution in [1.29, 1.82) is 0 Å². The number of Topliss-reactive ketones (excluding diaryl/α,β-unsaturated/α-hetero) is 1. The van der Waals surface area contributed by atoms with Crippen molar-refractivity contribution in [2.24, 2.45) is 5.92 Å². The zero-order valence-corrected chi connectivity index (χ0v) is 12.8. The lowest BCUT2D eigenvalue weighted by atomic mass is 9.75. The molecule has 0 heterocycles. The van der Waals surface area contributed by atoms with E-state index in [0.29, 0.717) is 24.3 Å². The first-order valence-corrected chi connectivity index (χ1v) is 7.30. The Labute approximate surface area is 121 Å². The maximum atomic E-state index is 12.7. The first-order valence-electron chi connectivity index (χ1n) is 7.30. The van der Waals surface area contributed by atoms with E-state index >= 15 is 0 Å². The van der Waals surface area contributed by atoms with Gasteiger partial charge in [0.2, 0.25) is 0 Å². The summed E-state index contributed by atoms with van der Waals surface area (Å²) in [7, 11) is 1.62. The van der Waals surface area contributed by atoms with E-state index in [0.717, 1.165) is 29.7 Å². The molecule has 3 heteroatoms. The zero-order chi connectivity index (χ0) is 14.9. The van der Waals surface area contributed by atoms with Gasteiger partial charge in [0, 0.05) is 5.56 Å². The van der Waals surface area contributed by atoms with Gasteiger partial charge in [-0.3, -0.25) is 4.79 Å². The summed E-state index contributed by atoms with van der Waals surface area (Å²) in [5, 5.41) is 10.7. The minimum atomic E-state index is -1.18. The molecule has 3 nitrogen and oxygen atoms in total. The summed E-state index contributed by atoms with van der Waals surface area (Å²) >= 11 is 0. The second-order valence-corrected chi connectivity index (χ2v) is 6.18. The van der Waals surface area contributed by atoms with Crippen molar-refractivity contribution in [1.82, 2.24) is 0 Å². The Bertz CT molecular complexity index is 511. The lowest BCUT2D eigenvalue weighted by Gasteiger charge is -2.34. The average molecular weight is 276 g/mol. The van der Waals surface area contributed by atoms with E-state index in [9.17, 15) is 9.90 Å². The molecule has 1 N–H and O–H groups in total. The Morgan fingerprint density at radius 3 is 2.40 bits per heavy atom. The molecule has 0 bridgehead atoms. The highest BCUT2D eigenvalue weighted by Gasteiger charge is 2.39. The molecule has 1 saturated carbocycles. The van der Waals surface area contributed by atoms with Crippen LogP contribution in [0.2, 0.25) is 0 Å². The maximum Gasteiger partial charge on any atom is 0.194 e. The van der Waals surface area contributed by atoms with E-state index in [2.05, 4.69) is 6.92 Å². The Balaban J connectivity index is 2.32. The molecular formula is C17H24O3. The van der Waals surface area contributed by atoms with Crippen molar-refractivity contribution in [2.75, 3.05) is 7.11 Å². The Morgan fingerprint density at radius 2 is 1.85 bits per heavy atom. The molecule has 0 spiro atoms. The van der Waals surface area contributed by atoms with Gasteiger partial charge >= 0.3 is 0 Å². The Hall–Kier alpha value is -1.35. The van der Waals surface area contributed by atoms with Gasteiger partial charge in [0.05, 0.1) is 7.11 Å². The number of carbonyl (C=O) groups is 1. The predicted molar refractivity (Wildman–Crippen MR) is 79.4 cm³/mol. The van der Waals surface area contributed by atoms with Crippen molar-refractivity contribution in [3.63, 3.8) is 0 Å². The third-order valence-electron chi connectivity index (χ3n) is 4.51. The smallest absolute Gasteiger partial charge is 0.194 e. The van der Waals surface area contributed by atoms with Crippen LogP contribution in [0.25, 0.3) is 0 Å². The van der Waals surface area contributed by atoms with Crippen molar-refractivity contribution < 1.29 is 14.6 Å². The van der Waals surface area contributed by atoms with Gasteiger partial charge in [-0.2, -0.15) is 0 Å². The molecule has 1 aromatic rings. The maximum absolute atomic E-state index is 12.7. The first-order chi connectivity index (χ1) is 9.37. The van der Waals surface area contributed by atoms with Gasteiger partial charge in [0.15, 0.2) is 5.78 Å². The van der Waals surface area contributed by atoms with Crippen LogP contribution in [0.15, 0.2) is 12.1 Å². The minimum absolute atomic E-state index is 0.132. The molecule has 20 heavy (non-hydrogen) atoms. The van der Waals surface area contributed by atoms with Crippen molar-refractivity contribution in [3.8, 4) is 5.75 Å². The fraction of sp³-hybridized carbons (Fsp3) is 0.588. The van der Waals surface area contributed by atoms with Crippen LogP contribution >= 0.6 is 0 Å². The highest BCUT2D eigenvalue weighted by molar-refractivity contribution is 6.03. The Morgan fingerprint density at radius 1 is 1.25 bits per heavy atom.